The maximum Gasteiger partial charge on any atom is 0.446 e. The molecule has 134 valence electrons. The molecule has 0 aromatic heterocycles. The van der Waals surface area contributed by atoms with Crippen molar-refractivity contribution in [2.75, 3.05) is 13.6 Å². The van der Waals surface area contributed by atoms with Crippen molar-refractivity contribution >= 4 is 16.2 Å². The number of carbonyl (C=O) groups excluding carboxylic acids is 1. The van der Waals surface area contributed by atoms with Gasteiger partial charge in [-0.1, -0.05) is 6.07 Å². The smallest absolute Gasteiger partial charge is 0.446 e. The number of ketones is 1. The summed E-state index contributed by atoms with van der Waals surface area (Å²) in [4.78, 5) is 15.0. The first-order valence-corrected chi connectivity index (χ1v) is 9.90. The molecule has 4 aliphatic rings. The lowest BCUT2D eigenvalue weighted by molar-refractivity contribution is -0.138. The molecule has 5 rings (SSSR count). The van der Waals surface area contributed by atoms with Crippen molar-refractivity contribution in [1.29, 1.82) is 0 Å². The molecule has 2 heterocycles. The fraction of sp³-hybridized carbons (Fsp3) is 0.588. The molecular formula is C17H19NO6S. The highest BCUT2D eigenvalue weighted by Gasteiger charge is 2.65. The van der Waals surface area contributed by atoms with Crippen molar-refractivity contribution < 1.29 is 26.7 Å². The normalized spacial score (nSPS) is 35.9. The van der Waals surface area contributed by atoms with Crippen molar-refractivity contribution in [1.82, 2.24) is 4.90 Å². The van der Waals surface area contributed by atoms with E-state index in [1.54, 1.807) is 0 Å². The summed E-state index contributed by atoms with van der Waals surface area (Å²) in [6, 6.07) is 3.71. The third-order valence-electron chi connectivity index (χ3n) is 6.57. The first kappa shape index (κ1) is 15.6. The Labute approximate surface area is 145 Å². The van der Waals surface area contributed by atoms with Crippen LogP contribution in [0.3, 0.4) is 0 Å². The summed E-state index contributed by atoms with van der Waals surface area (Å²) in [5.74, 6) is 0.669. The van der Waals surface area contributed by atoms with E-state index in [0.29, 0.717) is 24.1 Å². The molecule has 1 spiro atoms. The number of hydrogen-bond acceptors (Lipinski definition) is 6. The van der Waals surface area contributed by atoms with Crippen LogP contribution < -0.4 is 8.92 Å². The minimum Gasteiger partial charge on any atom is -0.477 e. The largest absolute Gasteiger partial charge is 0.477 e. The zero-order valence-electron chi connectivity index (χ0n) is 13.8. The van der Waals surface area contributed by atoms with E-state index in [0.717, 1.165) is 36.9 Å². The van der Waals surface area contributed by atoms with Crippen LogP contribution in [-0.2, 0) is 27.0 Å². The van der Waals surface area contributed by atoms with Crippen LogP contribution >= 0.6 is 0 Å². The lowest BCUT2D eigenvalue weighted by Crippen LogP contribution is -2.65. The number of carbonyl (C=O) groups is 1. The Hall–Kier alpha value is -1.64. The molecule has 0 unspecified atom stereocenters. The Morgan fingerprint density at radius 2 is 2.20 bits per heavy atom. The number of rotatable bonds is 2. The van der Waals surface area contributed by atoms with Crippen LogP contribution in [0, 0.1) is 5.92 Å². The minimum absolute atomic E-state index is 0.0334. The van der Waals surface area contributed by atoms with E-state index in [4.69, 9.17) is 13.5 Å². The second-order valence-electron chi connectivity index (χ2n) is 7.59. The molecular weight excluding hydrogens is 346 g/mol. The zero-order chi connectivity index (χ0) is 17.6. The number of piperidine rings is 1. The number of hydrogen-bond donors (Lipinski definition) is 1. The summed E-state index contributed by atoms with van der Waals surface area (Å²) in [5, 5.41) is 0. The summed E-state index contributed by atoms with van der Waals surface area (Å²) in [7, 11) is -2.53. The zero-order valence-corrected chi connectivity index (χ0v) is 14.6. The van der Waals surface area contributed by atoms with Crippen LogP contribution in [0.15, 0.2) is 12.1 Å². The second kappa shape index (κ2) is 4.75. The number of benzene rings is 1. The summed E-state index contributed by atoms with van der Waals surface area (Å²) in [6.45, 7) is 0.872. The van der Waals surface area contributed by atoms with E-state index in [-0.39, 0.29) is 11.5 Å². The van der Waals surface area contributed by atoms with Crippen LogP contribution in [0.4, 0.5) is 0 Å². The number of ether oxygens (including phenoxy) is 1. The molecule has 0 amide bonds. The third-order valence-corrected chi connectivity index (χ3v) is 6.96. The van der Waals surface area contributed by atoms with Crippen molar-refractivity contribution in [2.24, 2.45) is 5.92 Å². The Morgan fingerprint density at radius 1 is 1.40 bits per heavy atom. The third kappa shape index (κ3) is 1.93. The number of likely N-dealkylation sites (N-methyl/N-ethyl adjacent to an activating group) is 1. The van der Waals surface area contributed by atoms with Gasteiger partial charge in [-0.3, -0.25) is 9.35 Å². The Bertz CT molecular complexity index is 897. The number of Topliss-reactive ketones (excluding diaryl/α,β-unsaturated/α-hetero) is 1. The molecule has 1 saturated heterocycles. The van der Waals surface area contributed by atoms with Crippen molar-refractivity contribution in [3.05, 3.63) is 23.3 Å². The average Bonchev–Trinajstić information content (AvgIpc) is 2.88. The van der Waals surface area contributed by atoms with Crippen LogP contribution in [0.2, 0.25) is 0 Å². The Balaban J connectivity index is 1.76. The van der Waals surface area contributed by atoms with Crippen molar-refractivity contribution in [3.8, 4) is 11.5 Å². The monoisotopic (exact) mass is 365 g/mol. The second-order valence-corrected chi connectivity index (χ2v) is 8.61. The fourth-order valence-corrected chi connectivity index (χ4v) is 6.05. The highest BCUT2D eigenvalue weighted by Crippen LogP contribution is 2.63. The van der Waals surface area contributed by atoms with Crippen molar-refractivity contribution in [3.63, 3.8) is 0 Å². The van der Waals surface area contributed by atoms with Gasteiger partial charge in [0.05, 0.1) is 0 Å². The van der Waals surface area contributed by atoms with Crippen LogP contribution in [0.1, 0.15) is 30.4 Å². The molecule has 25 heavy (non-hydrogen) atoms. The van der Waals surface area contributed by atoms with Crippen molar-refractivity contribution in [2.45, 2.75) is 43.2 Å². The minimum atomic E-state index is -4.66. The first-order chi connectivity index (χ1) is 11.8. The molecule has 1 N–H and O–H groups in total. The van der Waals surface area contributed by atoms with Gasteiger partial charge in [-0.25, -0.2) is 0 Å². The average molecular weight is 365 g/mol. The molecule has 2 fully saturated rings. The van der Waals surface area contributed by atoms with Crippen LogP contribution in [0.25, 0.3) is 0 Å². The van der Waals surface area contributed by atoms with E-state index < -0.39 is 21.9 Å². The molecule has 8 heteroatoms. The molecule has 4 atom stereocenters. The SMILES string of the molecule is CN1CC[C@]23c4c5ccc(OS(=O)(=O)O)c4O[C@H]2C(=O)CC[C@H]3[C@@H]1C5. The highest BCUT2D eigenvalue weighted by atomic mass is 32.3. The van der Waals surface area contributed by atoms with Crippen LogP contribution in [-0.4, -0.2) is 49.4 Å². The molecule has 7 nitrogen and oxygen atoms in total. The first-order valence-electron chi connectivity index (χ1n) is 8.54. The van der Waals surface area contributed by atoms with Gasteiger partial charge in [0.15, 0.2) is 23.4 Å². The fourth-order valence-electron chi connectivity index (χ4n) is 5.69. The van der Waals surface area contributed by atoms with Gasteiger partial charge in [-0.05, 0) is 50.4 Å². The lowest BCUT2D eigenvalue weighted by atomic mass is 9.52. The van der Waals surface area contributed by atoms with E-state index in [2.05, 4.69) is 11.9 Å². The Kier molecular flexibility index (Phi) is 2.96. The predicted molar refractivity (Wildman–Crippen MR) is 87.2 cm³/mol. The summed E-state index contributed by atoms with van der Waals surface area (Å²) in [5.41, 5.74) is 1.62. The van der Waals surface area contributed by atoms with E-state index in [9.17, 15) is 13.2 Å². The Morgan fingerprint density at radius 3 is 2.96 bits per heavy atom. The number of likely N-dealkylation sites (tertiary alicyclic amines) is 1. The molecule has 2 bridgehead atoms. The maximum atomic E-state index is 12.7. The van der Waals surface area contributed by atoms with Gasteiger partial charge in [-0.15, -0.1) is 0 Å². The molecule has 1 aromatic carbocycles. The molecule has 2 aliphatic carbocycles. The standard InChI is InChI=1S/C17H19NO6S/c1-18-7-6-17-10-3-4-12(19)16(17)23-15-13(24-25(20,21)22)5-2-9(14(15)17)8-11(10)18/h2,5,10-11,16H,3-4,6-8H2,1H3,(H,20,21,22)/t10-,11-,16-,17-/m0/s1. The van der Waals surface area contributed by atoms with Gasteiger partial charge < -0.3 is 13.8 Å². The summed E-state index contributed by atoms with van der Waals surface area (Å²) < 4.78 is 42.3. The summed E-state index contributed by atoms with van der Waals surface area (Å²) in [6.07, 6.45) is 2.38. The van der Waals surface area contributed by atoms with E-state index in [1.165, 1.54) is 6.07 Å². The van der Waals surface area contributed by atoms with Gasteiger partial charge in [0.25, 0.3) is 0 Å². The predicted octanol–water partition coefficient (Wildman–Crippen LogP) is 1.11. The molecule has 2 aliphatic heterocycles. The van der Waals surface area contributed by atoms with Gasteiger partial charge in [0.1, 0.15) is 0 Å². The topological polar surface area (TPSA) is 93.1 Å². The molecule has 1 aromatic rings. The number of nitrogens with zero attached hydrogens (tertiary/aromatic N) is 1. The van der Waals surface area contributed by atoms with Crippen LogP contribution in [0.5, 0.6) is 11.5 Å². The lowest BCUT2D eigenvalue weighted by Gasteiger charge is -2.57. The molecule has 1 saturated carbocycles. The van der Waals surface area contributed by atoms with Gasteiger partial charge in [0, 0.05) is 23.4 Å². The van der Waals surface area contributed by atoms with E-state index in [1.807, 2.05) is 6.07 Å². The maximum absolute atomic E-state index is 12.7. The highest BCUT2D eigenvalue weighted by molar-refractivity contribution is 7.81. The van der Waals surface area contributed by atoms with Gasteiger partial charge in [0.2, 0.25) is 0 Å². The molecule has 0 radical (unpaired) electrons. The van der Waals surface area contributed by atoms with E-state index >= 15 is 0 Å². The van der Waals surface area contributed by atoms with Gasteiger partial charge in [-0.2, -0.15) is 8.42 Å². The summed E-state index contributed by atoms with van der Waals surface area (Å²) >= 11 is 0. The van der Waals surface area contributed by atoms with Gasteiger partial charge >= 0.3 is 10.4 Å². The quantitative estimate of drug-likeness (QED) is 0.785.